The minimum absolute atomic E-state index is 0.379. The summed E-state index contributed by atoms with van der Waals surface area (Å²) >= 11 is 5.36. The van der Waals surface area contributed by atoms with Gasteiger partial charge in [-0.1, -0.05) is 39.7 Å². The van der Waals surface area contributed by atoms with E-state index in [1.165, 1.54) is 21.6 Å². The molecule has 1 N–H and O–H groups in total. The zero-order chi connectivity index (χ0) is 14.5. The third-order valence-corrected chi connectivity index (χ3v) is 5.01. The summed E-state index contributed by atoms with van der Waals surface area (Å²) in [4.78, 5) is 1.30. The van der Waals surface area contributed by atoms with Crippen molar-refractivity contribution in [2.24, 2.45) is 0 Å². The van der Waals surface area contributed by atoms with E-state index in [2.05, 4.69) is 77.6 Å². The van der Waals surface area contributed by atoms with Crippen molar-refractivity contribution in [2.45, 2.75) is 24.8 Å². The Bertz CT molecular complexity index is 566. The molecular formula is C17H20BrNS. The van der Waals surface area contributed by atoms with Gasteiger partial charge >= 0.3 is 0 Å². The molecule has 2 aromatic carbocycles. The van der Waals surface area contributed by atoms with Crippen molar-refractivity contribution in [3.8, 4) is 0 Å². The second kappa shape index (κ2) is 7.30. The predicted molar refractivity (Wildman–Crippen MR) is 92.6 cm³/mol. The fourth-order valence-corrected chi connectivity index (χ4v) is 3.55. The summed E-state index contributed by atoms with van der Waals surface area (Å²) in [6.07, 6.45) is 0. The van der Waals surface area contributed by atoms with Crippen LogP contribution < -0.4 is 5.32 Å². The molecule has 0 spiro atoms. The quantitative estimate of drug-likeness (QED) is 0.752. The van der Waals surface area contributed by atoms with E-state index in [4.69, 9.17) is 0 Å². The Morgan fingerprint density at radius 1 is 1.10 bits per heavy atom. The van der Waals surface area contributed by atoms with Gasteiger partial charge in [-0.25, -0.2) is 0 Å². The average Bonchev–Trinajstić information content (AvgIpc) is 2.43. The van der Waals surface area contributed by atoms with Gasteiger partial charge in [-0.2, -0.15) is 0 Å². The summed E-state index contributed by atoms with van der Waals surface area (Å²) in [5.41, 5.74) is 4.07. The summed E-state index contributed by atoms with van der Waals surface area (Å²) in [6.45, 7) is 4.33. The molecule has 0 saturated carbocycles. The summed E-state index contributed by atoms with van der Waals surface area (Å²) in [7, 11) is 2.03. The molecule has 0 heterocycles. The van der Waals surface area contributed by atoms with E-state index in [9.17, 15) is 0 Å². The number of aryl methyl sites for hydroxylation is 2. The SMILES string of the molecule is CNC(CSc1ccc(Br)cc1)c1ccc(C)cc1C. The van der Waals surface area contributed by atoms with Crippen LogP contribution in [0.4, 0.5) is 0 Å². The van der Waals surface area contributed by atoms with Crippen LogP contribution in [-0.2, 0) is 0 Å². The zero-order valence-corrected chi connectivity index (χ0v) is 14.5. The first-order valence-corrected chi connectivity index (χ1v) is 8.51. The van der Waals surface area contributed by atoms with Gasteiger partial charge in [0.05, 0.1) is 0 Å². The number of rotatable bonds is 5. The van der Waals surface area contributed by atoms with Crippen LogP contribution in [0.25, 0.3) is 0 Å². The van der Waals surface area contributed by atoms with E-state index in [-0.39, 0.29) is 0 Å². The lowest BCUT2D eigenvalue weighted by Gasteiger charge is -2.19. The Morgan fingerprint density at radius 3 is 2.40 bits per heavy atom. The van der Waals surface area contributed by atoms with Gasteiger partial charge in [-0.15, -0.1) is 11.8 Å². The molecule has 0 fully saturated rings. The summed E-state index contributed by atoms with van der Waals surface area (Å²) in [6, 6.07) is 15.6. The fourth-order valence-electron chi connectivity index (χ4n) is 2.26. The number of nitrogens with one attached hydrogen (secondary N) is 1. The van der Waals surface area contributed by atoms with Crippen molar-refractivity contribution in [3.63, 3.8) is 0 Å². The molecule has 2 rings (SSSR count). The van der Waals surface area contributed by atoms with Crippen molar-refractivity contribution in [3.05, 3.63) is 63.6 Å². The molecule has 0 aliphatic rings. The molecule has 106 valence electrons. The highest BCUT2D eigenvalue weighted by atomic mass is 79.9. The molecule has 0 bridgehead atoms. The third kappa shape index (κ3) is 4.11. The zero-order valence-electron chi connectivity index (χ0n) is 12.1. The van der Waals surface area contributed by atoms with Crippen LogP contribution in [-0.4, -0.2) is 12.8 Å². The van der Waals surface area contributed by atoms with Gasteiger partial charge in [0.1, 0.15) is 0 Å². The van der Waals surface area contributed by atoms with Crippen LogP contribution in [0.5, 0.6) is 0 Å². The number of benzene rings is 2. The Labute approximate surface area is 134 Å². The second-order valence-corrected chi connectivity index (χ2v) is 6.98. The van der Waals surface area contributed by atoms with Crippen LogP contribution in [0.15, 0.2) is 51.8 Å². The average molecular weight is 350 g/mol. The topological polar surface area (TPSA) is 12.0 Å². The molecule has 0 aliphatic heterocycles. The fraction of sp³-hybridized carbons (Fsp3) is 0.294. The van der Waals surface area contributed by atoms with Crippen molar-refractivity contribution in [2.75, 3.05) is 12.8 Å². The molecule has 0 amide bonds. The number of halogens is 1. The smallest absolute Gasteiger partial charge is 0.0415 e. The highest BCUT2D eigenvalue weighted by Crippen LogP contribution is 2.27. The minimum Gasteiger partial charge on any atom is -0.312 e. The summed E-state index contributed by atoms with van der Waals surface area (Å²) < 4.78 is 1.13. The third-order valence-electron chi connectivity index (χ3n) is 3.38. The van der Waals surface area contributed by atoms with Crippen molar-refractivity contribution in [1.29, 1.82) is 0 Å². The molecule has 1 nitrogen and oxygen atoms in total. The van der Waals surface area contributed by atoms with Crippen LogP contribution in [0.2, 0.25) is 0 Å². The van der Waals surface area contributed by atoms with E-state index in [1.807, 2.05) is 18.8 Å². The van der Waals surface area contributed by atoms with E-state index < -0.39 is 0 Å². The van der Waals surface area contributed by atoms with Gasteiger partial charge in [0.25, 0.3) is 0 Å². The van der Waals surface area contributed by atoms with Crippen LogP contribution in [0.1, 0.15) is 22.7 Å². The van der Waals surface area contributed by atoms with E-state index >= 15 is 0 Å². The lowest BCUT2D eigenvalue weighted by Crippen LogP contribution is -2.19. The van der Waals surface area contributed by atoms with Crippen LogP contribution in [0.3, 0.4) is 0 Å². The standard InChI is InChI=1S/C17H20BrNS/c1-12-4-9-16(13(2)10-12)17(19-3)11-20-15-7-5-14(18)6-8-15/h4-10,17,19H,11H2,1-3H3. The van der Waals surface area contributed by atoms with Gasteiger partial charge in [-0.3, -0.25) is 0 Å². The maximum Gasteiger partial charge on any atom is 0.0415 e. The molecular weight excluding hydrogens is 330 g/mol. The lowest BCUT2D eigenvalue weighted by molar-refractivity contribution is 0.657. The highest BCUT2D eigenvalue weighted by molar-refractivity contribution is 9.10. The monoisotopic (exact) mass is 349 g/mol. The highest BCUT2D eigenvalue weighted by Gasteiger charge is 2.12. The van der Waals surface area contributed by atoms with Gasteiger partial charge in [0.15, 0.2) is 0 Å². The largest absolute Gasteiger partial charge is 0.312 e. The maximum atomic E-state index is 3.47. The molecule has 0 radical (unpaired) electrons. The van der Waals surface area contributed by atoms with Crippen molar-refractivity contribution < 1.29 is 0 Å². The number of hydrogen-bond donors (Lipinski definition) is 1. The number of hydrogen-bond acceptors (Lipinski definition) is 2. The van der Waals surface area contributed by atoms with E-state index in [0.717, 1.165) is 10.2 Å². The Hall–Kier alpha value is -0.770. The van der Waals surface area contributed by atoms with Gasteiger partial charge < -0.3 is 5.32 Å². The predicted octanol–water partition coefficient (Wildman–Crippen LogP) is 5.12. The molecule has 0 saturated heterocycles. The summed E-state index contributed by atoms with van der Waals surface area (Å²) in [5, 5.41) is 3.43. The molecule has 2 aromatic rings. The lowest BCUT2D eigenvalue weighted by atomic mass is 10.0. The minimum atomic E-state index is 0.379. The Balaban J connectivity index is 2.07. The van der Waals surface area contributed by atoms with E-state index in [1.54, 1.807) is 0 Å². The Kier molecular flexibility index (Phi) is 5.70. The first-order chi connectivity index (χ1) is 9.60. The van der Waals surface area contributed by atoms with Gasteiger partial charge in [0, 0.05) is 21.2 Å². The molecule has 0 aromatic heterocycles. The first-order valence-electron chi connectivity index (χ1n) is 6.73. The normalized spacial score (nSPS) is 12.4. The van der Waals surface area contributed by atoms with E-state index in [0.29, 0.717) is 6.04 Å². The first kappa shape index (κ1) is 15.6. The van der Waals surface area contributed by atoms with Gasteiger partial charge in [-0.05, 0) is 56.3 Å². The number of thioether (sulfide) groups is 1. The Morgan fingerprint density at radius 2 is 1.80 bits per heavy atom. The maximum absolute atomic E-state index is 3.47. The van der Waals surface area contributed by atoms with Crippen molar-refractivity contribution in [1.82, 2.24) is 5.32 Å². The molecule has 3 heteroatoms. The molecule has 20 heavy (non-hydrogen) atoms. The van der Waals surface area contributed by atoms with Crippen LogP contribution in [0, 0.1) is 13.8 Å². The second-order valence-electron chi connectivity index (χ2n) is 4.97. The van der Waals surface area contributed by atoms with Gasteiger partial charge in [0.2, 0.25) is 0 Å². The summed E-state index contributed by atoms with van der Waals surface area (Å²) in [5.74, 6) is 1.03. The molecule has 1 unspecified atom stereocenters. The van der Waals surface area contributed by atoms with Crippen LogP contribution >= 0.6 is 27.7 Å². The van der Waals surface area contributed by atoms with Crippen molar-refractivity contribution >= 4 is 27.7 Å². The molecule has 1 atom stereocenters. The molecule has 0 aliphatic carbocycles.